The van der Waals surface area contributed by atoms with Crippen molar-refractivity contribution in [3.05, 3.63) is 65.7 Å². The summed E-state index contributed by atoms with van der Waals surface area (Å²) in [5.41, 5.74) is 1.70. The minimum Gasteiger partial charge on any atom is -0.481 e. The van der Waals surface area contributed by atoms with E-state index in [2.05, 4.69) is 12.2 Å². The van der Waals surface area contributed by atoms with Gasteiger partial charge in [-0.1, -0.05) is 114 Å². The molecule has 0 aliphatic carbocycles. The normalized spacial score (nSPS) is 11.7. The smallest absolute Gasteiger partial charge is 0.307 e. The number of ketones is 1. The molecule has 0 saturated heterocycles. The molecule has 0 aromatic heterocycles. The van der Waals surface area contributed by atoms with Crippen LogP contribution in [-0.4, -0.2) is 22.8 Å². The number of amides is 1. The first-order valence-electron chi connectivity index (χ1n) is 13.7. The predicted octanol–water partition coefficient (Wildman–Crippen LogP) is 8.04. The van der Waals surface area contributed by atoms with Gasteiger partial charge in [-0.05, 0) is 30.7 Å². The first kappa shape index (κ1) is 29.3. The Morgan fingerprint density at radius 1 is 0.694 bits per heavy atom. The van der Waals surface area contributed by atoms with Crippen molar-refractivity contribution in [2.75, 3.05) is 5.32 Å². The van der Waals surface area contributed by atoms with E-state index < -0.39 is 11.9 Å². The molecular formula is C31H43NO4. The molecule has 196 valence electrons. The van der Waals surface area contributed by atoms with Crippen molar-refractivity contribution in [1.29, 1.82) is 0 Å². The van der Waals surface area contributed by atoms with Crippen molar-refractivity contribution >= 4 is 23.3 Å². The van der Waals surface area contributed by atoms with Gasteiger partial charge in [0, 0.05) is 23.2 Å². The van der Waals surface area contributed by atoms with Crippen molar-refractivity contribution in [2.24, 2.45) is 5.92 Å². The SMILES string of the molecule is CCCCCCCCCCCCCCC(CC(=O)Nc1ccc(C(=O)c2ccccc2)cc1)C(=O)O. The average Bonchev–Trinajstić information content (AvgIpc) is 2.89. The first-order chi connectivity index (χ1) is 17.5. The second kappa shape index (κ2) is 17.5. The number of anilines is 1. The van der Waals surface area contributed by atoms with Crippen LogP contribution in [0, 0.1) is 5.92 Å². The van der Waals surface area contributed by atoms with Gasteiger partial charge in [-0.3, -0.25) is 14.4 Å². The molecule has 2 aromatic rings. The van der Waals surface area contributed by atoms with Crippen LogP contribution in [0.5, 0.6) is 0 Å². The molecule has 0 spiro atoms. The molecule has 0 bridgehead atoms. The van der Waals surface area contributed by atoms with Gasteiger partial charge in [-0.25, -0.2) is 0 Å². The summed E-state index contributed by atoms with van der Waals surface area (Å²) in [5.74, 6) is -1.99. The third kappa shape index (κ3) is 11.7. The molecule has 5 nitrogen and oxygen atoms in total. The molecule has 0 aliphatic rings. The van der Waals surface area contributed by atoms with Crippen LogP contribution in [0.2, 0.25) is 0 Å². The van der Waals surface area contributed by atoms with Crippen molar-refractivity contribution in [3.8, 4) is 0 Å². The van der Waals surface area contributed by atoms with E-state index in [0.717, 1.165) is 19.3 Å². The second-order valence-electron chi connectivity index (χ2n) is 9.74. The van der Waals surface area contributed by atoms with E-state index in [4.69, 9.17) is 0 Å². The van der Waals surface area contributed by atoms with Gasteiger partial charge >= 0.3 is 5.97 Å². The summed E-state index contributed by atoms with van der Waals surface area (Å²) < 4.78 is 0. The maximum Gasteiger partial charge on any atom is 0.307 e. The third-order valence-corrected chi connectivity index (χ3v) is 6.65. The van der Waals surface area contributed by atoms with E-state index in [1.54, 1.807) is 36.4 Å². The van der Waals surface area contributed by atoms with Gasteiger partial charge in [0.25, 0.3) is 0 Å². The average molecular weight is 494 g/mol. The summed E-state index contributed by atoms with van der Waals surface area (Å²) in [6.45, 7) is 2.24. The molecule has 5 heteroatoms. The second-order valence-corrected chi connectivity index (χ2v) is 9.74. The fraction of sp³-hybridized carbons (Fsp3) is 0.516. The van der Waals surface area contributed by atoms with E-state index in [0.29, 0.717) is 23.2 Å². The minimum atomic E-state index is -0.919. The van der Waals surface area contributed by atoms with Crippen molar-refractivity contribution in [3.63, 3.8) is 0 Å². The zero-order chi connectivity index (χ0) is 26.0. The number of benzene rings is 2. The van der Waals surface area contributed by atoms with Crippen LogP contribution < -0.4 is 5.32 Å². The van der Waals surface area contributed by atoms with E-state index >= 15 is 0 Å². The third-order valence-electron chi connectivity index (χ3n) is 6.65. The Hall–Kier alpha value is -2.95. The van der Waals surface area contributed by atoms with Crippen LogP contribution in [0.15, 0.2) is 54.6 Å². The lowest BCUT2D eigenvalue weighted by molar-refractivity contribution is -0.143. The lowest BCUT2D eigenvalue weighted by Crippen LogP contribution is -2.22. The van der Waals surface area contributed by atoms with Crippen LogP contribution >= 0.6 is 0 Å². The summed E-state index contributed by atoms with van der Waals surface area (Å²) in [7, 11) is 0. The molecule has 0 aliphatic heterocycles. The Labute approximate surface area is 216 Å². The molecule has 1 amide bonds. The van der Waals surface area contributed by atoms with Crippen molar-refractivity contribution in [2.45, 2.75) is 96.8 Å². The number of hydrogen-bond donors (Lipinski definition) is 2. The summed E-state index contributed by atoms with van der Waals surface area (Å²) in [4.78, 5) is 36.6. The maximum absolute atomic E-state index is 12.5. The molecule has 0 fully saturated rings. The minimum absolute atomic E-state index is 0.0436. The molecule has 2 aromatic carbocycles. The van der Waals surface area contributed by atoms with Gasteiger partial charge < -0.3 is 10.4 Å². The Kier molecular flexibility index (Phi) is 14.2. The quantitative estimate of drug-likeness (QED) is 0.153. The fourth-order valence-corrected chi connectivity index (χ4v) is 4.44. The molecule has 2 N–H and O–H groups in total. The number of aliphatic carboxylic acids is 1. The van der Waals surface area contributed by atoms with Gasteiger partial charge in [-0.2, -0.15) is 0 Å². The molecule has 1 atom stereocenters. The van der Waals surface area contributed by atoms with E-state index in [1.807, 2.05) is 18.2 Å². The van der Waals surface area contributed by atoms with E-state index in [1.165, 1.54) is 57.8 Å². The predicted molar refractivity (Wildman–Crippen MR) is 146 cm³/mol. The number of carboxylic acid groups (broad SMARTS) is 1. The molecule has 2 rings (SSSR count). The fourth-order valence-electron chi connectivity index (χ4n) is 4.44. The van der Waals surface area contributed by atoms with Gasteiger partial charge in [0.15, 0.2) is 5.78 Å². The number of rotatable bonds is 19. The summed E-state index contributed by atoms with van der Waals surface area (Å²) in [5, 5.41) is 12.3. The molecular weight excluding hydrogens is 450 g/mol. The van der Waals surface area contributed by atoms with E-state index in [-0.39, 0.29) is 18.1 Å². The lowest BCUT2D eigenvalue weighted by atomic mass is 9.96. The van der Waals surface area contributed by atoms with Crippen molar-refractivity contribution in [1.82, 2.24) is 0 Å². The summed E-state index contributed by atoms with van der Waals surface area (Å²) in [6, 6.07) is 15.7. The zero-order valence-corrected chi connectivity index (χ0v) is 21.8. The zero-order valence-electron chi connectivity index (χ0n) is 21.8. The first-order valence-corrected chi connectivity index (χ1v) is 13.7. The summed E-state index contributed by atoms with van der Waals surface area (Å²) >= 11 is 0. The number of hydrogen-bond acceptors (Lipinski definition) is 3. The summed E-state index contributed by atoms with van der Waals surface area (Å²) in [6.07, 6.45) is 15.2. The molecule has 0 heterocycles. The number of carbonyl (C=O) groups is 3. The Morgan fingerprint density at radius 2 is 1.19 bits per heavy atom. The van der Waals surface area contributed by atoms with Gasteiger partial charge in [0.05, 0.1) is 5.92 Å². The molecule has 0 radical (unpaired) electrons. The Morgan fingerprint density at radius 3 is 1.72 bits per heavy atom. The largest absolute Gasteiger partial charge is 0.481 e. The number of carbonyl (C=O) groups excluding carboxylic acids is 2. The standard InChI is InChI=1S/C31H43NO4/c1-2-3-4-5-6-7-8-9-10-11-12-14-19-27(31(35)36)24-29(33)32-28-22-20-26(21-23-28)30(34)25-17-15-13-16-18-25/h13,15-18,20-23,27H,2-12,14,19,24H2,1H3,(H,32,33)(H,35,36). The number of nitrogens with one attached hydrogen (secondary N) is 1. The van der Waals surface area contributed by atoms with Crippen LogP contribution in [0.1, 0.15) is 113 Å². The van der Waals surface area contributed by atoms with Crippen LogP contribution in [0.25, 0.3) is 0 Å². The lowest BCUT2D eigenvalue weighted by Gasteiger charge is -2.13. The Bertz CT molecular complexity index is 908. The van der Waals surface area contributed by atoms with Crippen LogP contribution in [0.4, 0.5) is 5.69 Å². The highest BCUT2D eigenvalue weighted by Gasteiger charge is 2.21. The topological polar surface area (TPSA) is 83.5 Å². The Balaban J connectivity index is 1.64. The van der Waals surface area contributed by atoms with Gasteiger partial charge in [0.1, 0.15) is 0 Å². The highest BCUT2D eigenvalue weighted by atomic mass is 16.4. The monoisotopic (exact) mass is 493 g/mol. The highest BCUT2D eigenvalue weighted by molar-refractivity contribution is 6.09. The van der Waals surface area contributed by atoms with Crippen LogP contribution in [-0.2, 0) is 9.59 Å². The molecule has 0 saturated carbocycles. The van der Waals surface area contributed by atoms with Gasteiger partial charge in [0.2, 0.25) is 5.91 Å². The van der Waals surface area contributed by atoms with Gasteiger partial charge in [-0.15, -0.1) is 0 Å². The number of unbranched alkanes of at least 4 members (excludes halogenated alkanes) is 11. The van der Waals surface area contributed by atoms with Crippen LogP contribution in [0.3, 0.4) is 0 Å². The number of carboxylic acids is 1. The molecule has 36 heavy (non-hydrogen) atoms. The highest BCUT2D eigenvalue weighted by Crippen LogP contribution is 2.19. The maximum atomic E-state index is 12.5. The van der Waals surface area contributed by atoms with E-state index in [9.17, 15) is 19.5 Å². The van der Waals surface area contributed by atoms with Crippen molar-refractivity contribution < 1.29 is 19.5 Å². The molecule has 1 unspecified atom stereocenters.